The molecule has 1 N–H and O–H groups in total. The topological polar surface area (TPSA) is 37.3 Å². The Morgan fingerprint density at radius 3 is 1.61 bits per heavy atom. The Morgan fingerprint density at radius 1 is 0.833 bits per heavy atom. The van der Waals surface area contributed by atoms with Crippen LogP contribution in [0.5, 0.6) is 0 Å². The predicted octanol–water partition coefficient (Wildman–Crippen LogP) is 5.41. The van der Waals surface area contributed by atoms with Crippen molar-refractivity contribution in [3.05, 3.63) is 0 Å². The average Bonchev–Trinajstić information content (AvgIpc) is 2.31. The third-order valence-electron chi connectivity index (χ3n) is 3.73. The van der Waals surface area contributed by atoms with Crippen molar-refractivity contribution in [1.29, 1.82) is 0 Å². The van der Waals surface area contributed by atoms with E-state index in [0.717, 1.165) is 12.8 Å². The van der Waals surface area contributed by atoms with Crippen molar-refractivity contribution in [1.82, 2.24) is 0 Å². The zero-order valence-corrected chi connectivity index (χ0v) is 12.6. The Balaban J connectivity index is 3.24. The quantitative estimate of drug-likeness (QED) is 0.474. The number of rotatable bonds is 12. The van der Waals surface area contributed by atoms with Crippen molar-refractivity contribution in [2.45, 2.75) is 91.4 Å². The molecule has 0 aliphatic carbocycles. The van der Waals surface area contributed by atoms with Crippen LogP contribution < -0.4 is 0 Å². The maximum Gasteiger partial charge on any atom is 0.309 e. The van der Waals surface area contributed by atoms with Gasteiger partial charge in [-0.25, -0.2) is 0 Å². The summed E-state index contributed by atoms with van der Waals surface area (Å²) in [5.41, 5.74) is -0.542. The molecule has 0 aromatic carbocycles. The molecule has 0 aliphatic rings. The van der Waals surface area contributed by atoms with Gasteiger partial charge in [-0.2, -0.15) is 0 Å². The second kappa shape index (κ2) is 10.4. The van der Waals surface area contributed by atoms with E-state index < -0.39 is 11.4 Å². The van der Waals surface area contributed by atoms with Crippen LogP contribution in [0, 0.1) is 5.41 Å². The molecule has 0 rings (SSSR count). The summed E-state index contributed by atoms with van der Waals surface area (Å²) in [4.78, 5) is 10.9. The number of carboxylic acids is 1. The Kier molecular flexibility index (Phi) is 10.1. The maximum absolute atomic E-state index is 10.9. The van der Waals surface area contributed by atoms with Gasteiger partial charge in [0.2, 0.25) is 0 Å². The SMILES string of the molecule is CCCCCCCCCCCCC(C)(C)C(=O)O. The summed E-state index contributed by atoms with van der Waals surface area (Å²) in [7, 11) is 0. The highest BCUT2D eigenvalue weighted by Gasteiger charge is 2.25. The molecule has 0 saturated carbocycles. The van der Waals surface area contributed by atoms with E-state index in [1.54, 1.807) is 0 Å². The van der Waals surface area contributed by atoms with E-state index in [2.05, 4.69) is 6.92 Å². The molecular weight excluding hydrogens is 224 g/mol. The van der Waals surface area contributed by atoms with Crippen molar-refractivity contribution >= 4 is 5.97 Å². The van der Waals surface area contributed by atoms with Crippen molar-refractivity contribution in [2.24, 2.45) is 5.41 Å². The highest BCUT2D eigenvalue weighted by molar-refractivity contribution is 5.73. The first-order valence-corrected chi connectivity index (χ1v) is 7.74. The molecule has 0 radical (unpaired) electrons. The molecule has 0 fully saturated rings. The molecule has 18 heavy (non-hydrogen) atoms. The van der Waals surface area contributed by atoms with Gasteiger partial charge in [0.05, 0.1) is 5.41 Å². The number of aliphatic carboxylic acids is 1. The van der Waals surface area contributed by atoms with Gasteiger partial charge in [0.25, 0.3) is 0 Å². The summed E-state index contributed by atoms with van der Waals surface area (Å²) < 4.78 is 0. The van der Waals surface area contributed by atoms with Crippen molar-refractivity contribution in [2.75, 3.05) is 0 Å². The summed E-state index contributed by atoms with van der Waals surface area (Å²) >= 11 is 0. The molecular formula is C16H32O2. The van der Waals surface area contributed by atoms with Crippen LogP contribution in [0.15, 0.2) is 0 Å². The van der Waals surface area contributed by atoms with E-state index in [4.69, 9.17) is 5.11 Å². The molecule has 0 bridgehead atoms. The third-order valence-corrected chi connectivity index (χ3v) is 3.73. The van der Waals surface area contributed by atoms with Crippen LogP contribution in [-0.2, 0) is 4.79 Å². The van der Waals surface area contributed by atoms with Gasteiger partial charge in [-0.15, -0.1) is 0 Å². The Labute approximate surface area is 113 Å². The van der Waals surface area contributed by atoms with Gasteiger partial charge in [-0.3, -0.25) is 4.79 Å². The number of hydrogen-bond donors (Lipinski definition) is 1. The fourth-order valence-electron chi connectivity index (χ4n) is 2.16. The Morgan fingerprint density at radius 2 is 1.22 bits per heavy atom. The fraction of sp³-hybridized carbons (Fsp3) is 0.938. The standard InChI is InChI=1S/C16H32O2/c1-4-5-6-7-8-9-10-11-12-13-14-16(2,3)15(17)18/h4-14H2,1-3H3,(H,17,18). The number of hydrogen-bond acceptors (Lipinski definition) is 1. The normalized spacial score (nSPS) is 11.7. The minimum atomic E-state index is -0.668. The molecule has 0 spiro atoms. The highest BCUT2D eigenvalue weighted by atomic mass is 16.4. The molecule has 2 nitrogen and oxygen atoms in total. The predicted molar refractivity (Wildman–Crippen MR) is 77.9 cm³/mol. The van der Waals surface area contributed by atoms with E-state index >= 15 is 0 Å². The van der Waals surface area contributed by atoms with Crippen LogP contribution in [0.4, 0.5) is 0 Å². The van der Waals surface area contributed by atoms with Crippen molar-refractivity contribution in [3.63, 3.8) is 0 Å². The second-order valence-corrected chi connectivity index (χ2v) is 6.12. The molecule has 2 heteroatoms. The Bertz CT molecular complexity index is 209. The van der Waals surface area contributed by atoms with Crippen molar-refractivity contribution < 1.29 is 9.90 Å². The van der Waals surface area contributed by atoms with Gasteiger partial charge < -0.3 is 5.11 Å². The largest absolute Gasteiger partial charge is 0.481 e. The van der Waals surface area contributed by atoms with Gasteiger partial charge in [-0.1, -0.05) is 71.1 Å². The summed E-state index contributed by atoms with van der Waals surface area (Å²) in [5, 5.41) is 8.98. The Hall–Kier alpha value is -0.530. The fourth-order valence-corrected chi connectivity index (χ4v) is 2.16. The third kappa shape index (κ3) is 9.49. The van der Waals surface area contributed by atoms with Crippen LogP contribution in [0.25, 0.3) is 0 Å². The lowest BCUT2D eigenvalue weighted by atomic mass is 9.87. The van der Waals surface area contributed by atoms with E-state index in [1.165, 1.54) is 57.8 Å². The minimum Gasteiger partial charge on any atom is -0.481 e. The van der Waals surface area contributed by atoms with E-state index in [0.29, 0.717) is 0 Å². The monoisotopic (exact) mass is 256 g/mol. The summed E-state index contributed by atoms with van der Waals surface area (Å²) in [5.74, 6) is -0.668. The molecule has 0 unspecified atom stereocenters. The van der Waals surface area contributed by atoms with Gasteiger partial charge >= 0.3 is 5.97 Å². The van der Waals surface area contributed by atoms with Crippen LogP contribution >= 0.6 is 0 Å². The van der Waals surface area contributed by atoms with Crippen LogP contribution in [0.2, 0.25) is 0 Å². The molecule has 0 aliphatic heterocycles. The van der Waals surface area contributed by atoms with Crippen LogP contribution in [-0.4, -0.2) is 11.1 Å². The second-order valence-electron chi connectivity index (χ2n) is 6.12. The molecule has 0 atom stereocenters. The molecule has 0 amide bonds. The zero-order chi connectivity index (χ0) is 13.9. The lowest BCUT2D eigenvalue weighted by Gasteiger charge is -2.18. The lowest BCUT2D eigenvalue weighted by Crippen LogP contribution is -2.23. The van der Waals surface area contributed by atoms with E-state index in [1.807, 2.05) is 13.8 Å². The minimum absolute atomic E-state index is 0.542. The van der Waals surface area contributed by atoms with E-state index in [9.17, 15) is 4.79 Å². The van der Waals surface area contributed by atoms with Crippen LogP contribution in [0.3, 0.4) is 0 Å². The number of carbonyl (C=O) groups is 1. The highest BCUT2D eigenvalue weighted by Crippen LogP contribution is 2.24. The lowest BCUT2D eigenvalue weighted by molar-refractivity contribution is -0.147. The number of unbranched alkanes of at least 4 members (excludes halogenated alkanes) is 9. The smallest absolute Gasteiger partial charge is 0.309 e. The average molecular weight is 256 g/mol. The summed E-state index contributed by atoms with van der Waals surface area (Å²) in [6, 6.07) is 0. The molecule has 108 valence electrons. The van der Waals surface area contributed by atoms with Gasteiger partial charge in [0, 0.05) is 0 Å². The van der Waals surface area contributed by atoms with Crippen molar-refractivity contribution in [3.8, 4) is 0 Å². The first-order chi connectivity index (χ1) is 8.50. The molecule has 0 aromatic rings. The molecule has 0 saturated heterocycles. The van der Waals surface area contributed by atoms with Gasteiger partial charge in [0.15, 0.2) is 0 Å². The van der Waals surface area contributed by atoms with E-state index in [-0.39, 0.29) is 0 Å². The summed E-state index contributed by atoms with van der Waals surface area (Å²) in [6.45, 7) is 5.89. The van der Waals surface area contributed by atoms with Gasteiger partial charge in [0.1, 0.15) is 0 Å². The summed E-state index contributed by atoms with van der Waals surface area (Å²) in [6.07, 6.45) is 13.8. The zero-order valence-electron chi connectivity index (χ0n) is 12.6. The molecule has 0 aromatic heterocycles. The first kappa shape index (κ1) is 17.5. The number of carboxylic acid groups (broad SMARTS) is 1. The molecule has 0 heterocycles. The first-order valence-electron chi connectivity index (χ1n) is 7.74. The maximum atomic E-state index is 10.9. The van der Waals surface area contributed by atoms with Crippen LogP contribution in [0.1, 0.15) is 91.4 Å². The van der Waals surface area contributed by atoms with Gasteiger partial charge in [-0.05, 0) is 20.3 Å².